The van der Waals surface area contributed by atoms with Crippen LogP contribution in [0.2, 0.25) is 0 Å². The van der Waals surface area contributed by atoms with Crippen molar-refractivity contribution in [3.05, 3.63) is 43.0 Å². The molecule has 0 bridgehead atoms. The van der Waals surface area contributed by atoms with E-state index in [9.17, 15) is 5.11 Å². The zero-order valence-corrected chi connectivity index (χ0v) is 13.1. The van der Waals surface area contributed by atoms with Crippen molar-refractivity contribution < 1.29 is 9.84 Å². The number of aromatic nitrogens is 3. The molecular weight excluding hydrogens is 304 g/mol. The Hall–Kier alpha value is -2.73. The number of benzene rings is 1. The topological polar surface area (TPSA) is 80.2 Å². The molecule has 2 N–H and O–H groups in total. The van der Waals surface area contributed by atoms with Crippen molar-refractivity contribution in [2.45, 2.75) is 18.9 Å². The Morgan fingerprint density at radius 3 is 2.71 bits per heavy atom. The fourth-order valence-electron chi connectivity index (χ4n) is 2.93. The van der Waals surface area contributed by atoms with Crippen LogP contribution in [0.15, 0.2) is 43.0 Å². The normalized spacial score (nSPS) is 15.5. The number of hydrogen-bond acceptors (Lipinski definition) is 6. The second-order valence-corrected chi connectivity index (χ2v) is 5.90. The van der Waals surface area contributed by atoms with Gasteiger partial charge in [-0.1, -0.05) is 0 Å². The van der Waals surface area contributed by atoms with Gasteiger partial charge >= 0.3 is 0 Å². The van der Waals surface area contributed by atoms with E-state index in [2.05, 4.69) is 20.3 Å². The number of phenols is 1. The van der Waals surface area contributed by atoms with Gasteiger partial charge in [-0.05, 0) is 49.5 Å². The smallest absolute Gasteiger partial charge is 0.232 e. The van der Waals surface area contributed by atoms with Gasteiger partial charge in [0, 0.05) is 23.3 Å². The number of nitrogens with zero attached hydrogens (tertiary/aromatic N) is 3. The highest BCUT2D eigenvalue weighted by Crippen LogP contribution is 2.32. The maximum atomic E-state index is 10.3. The van der Waals surface area contributed by atoms with E-state index in [1.165, 1.54) is 0 Å². The first-order chi connectivity index (χ1) is 11.8. The number of phenolic OH excluding ortho intramolecular Hbond substituents is 1. The van der Waals surface area contributed by atoms with Crippen molar-refractivity contribution in [1.29, 1.82) is 0 Å². The number of nitrogens with one attached hydrogen (secondary N) is 1. The summed E-state index contributed by atoms with van der Waals surface area (Å²) in [5.41, 5.74) is 1.26. The Morgan fingerprint density at radius 1 is 1.04 bits per heavy atom. The quantitative estimate of drug-likeness (QED) is 0.771. The summed E-state index contributed by atoms with van der Waals surface area (Å²) in [5.74, 6) is 0.687. The molecule has 0 amide bonds. The Kier molecular flexibility index (Phi) is 3.96. The first-order valence-electron chi connectivity index (χ1n) is 8.06. The maximum absolute atomic E-state index is 10.3. The van der Waals surface area contributed by atoms with Crippen molar-refractivity contribution in [3.63, 3.8) is 0 Å². The molecule has 1 aliphatic heterocycles. The molecule has 0 atom stereocenters. The van der Waals surface area contributed by atoms with Gasteiger partial charge in [0.15, 0.2) is 0 Å². The lowest BCUT2D eigenvalue weighted by Crippen LogP contribution is -2.34. The molecule has 6 heteroatoms. The first kappa shape index (κ1) is 14.8. The van der Waals surface area contributed by atoms with Gasteiger partial charge in [-0.25, -0.2) is 9.97 Å². The fourth-order valence-corrected chi connectivity index (χ4v) is 2.93. The molecule has 0 saturated carbocycles. The largest absolute Gasteiger partial charge is 0.507 e. The van der Waals surface area contributed by atoms with E-state index in [1.807, 2.05) is 12.1 Å². The lowest BCUT2D eigenvalue weighted by Gasteiger charge is -2.23. The summed E-state index contributed by atoms with van der Waals surface area (Å²) >= 11 is 0. The number of aromatic hydroxyl groups is 1. The molecule has 4 rings (SSSR count). The van der Waals surface area contributed by atoms with Crippen molar-refractivity contribution in [2.75, 3.05) is 13.1 Å². The van der Waals surface area contributed by atoms with Gasteiger partial charge in [0.05, 0.1) is 18.1 Å². The van der Waals surface area contributed by atoms with E-state index in [1.54, 1.807) is 30.9 Å². The van der Waals surface area contributed by atoms with Crippen LogP contribution in [0.1, 0.15) is 12.8 Å². The highest BCUT2D eigenvalue weighted by atomic mass is 16.5. The standard InChI is InChI=1S/C18H18N4O2/c23-17-8-13-9-20-4-1-12(13)7-15(17)16-10-22-18(11-21-16)24-14-2-5-19-6-3-14/h1,4,7-11,14,19,23H,2-3,5-6H2. The summed E-state index contributed by atoms with van der Waals surface area (Å²) in [6, 6.07) is 5.49. The van der Waals surface area contributed by atoms with Crippen LogP contribution in [0.25, 0.3) is 22.0 Å². The average molecular weight is 322 g/mol. The molecule has 2 aromatic heterocycles. The van der Waals surface area contributed by atoms with Crippen LogP contribution in [0.4, 0.5) is 0 Å². The highest BCUT2D eigenvalue weighted by molar-refractivity contribution is 5.89. The molecular formula is C18H18N4O2. The number of piperidine rings is 1. The minimum atomic E-state index is 0.164. The van der Waals surface area contributed by atoms with Gasteiger partial charge in [0.25, 0.3) is 0 Å². The Balaban J connectivity index is 1.59. The zero-order valence-electron chi connectivity index (χ0n) is 13.1. The molecule has 0 unspecified atom stereocenters. The van der Waals surface area contributed by atoms with Crippen LogP contribution in [0, 0.1) is 0 Å². The summed E-state index contributed by atoms with van der Waals surface area (Å²) < 4.78 is 5.86. The van der Waals surface area contributed by atoms with E-state index >= 15 is 0 Å². The molecule has 6 nitrogen and oxygen atoms in total. The Morgan fingerprint density at radius 2 is 1.92 bits per heavy atom. The molecule has 0 radical (unpaired) electrons. The van der Waals surface area contributed by atoms with Crippen molar-refractivity contribution >= 4 is 10.8 Å². The van der Waals surface area contributed by atoms with Crippen molar-refractivity contribution in [2.24, 2.45) is 0 Å². The summed E-state index contributed by atoms with van der Waals surface area (Å²) in [5, 5.41) is 15.4. The highest BCUT2D eigenvalue weighted by Gasteiger charge is 2.15. The molecule has 0 aliphatic carbocycles. The number of fused-ring (bicyclic) bond motifs is 1. The lowest BCUT2D eigenvalue weighted by atomic mass is 10.1. The van der Waals surface area contributed by atoms with Crippen LogP contribution >= 0.6 is 0 Å². The Labute approximate surface area is 139 Å². The summed E-state index contributed by atoms with van der Waals surface area (Å²) in [6.07, 6.45) is 8.84. The fraction of sp³-hybridized carbons (Fsp3) is 0.278. The second-order valence-electron chi connectivity index (χ2n) is 5.90. The van der Waals surface area contributed by atoms with E-state index in [-0.39, 0.29) is 11.9 Å². The minimum absolute atomic E-state index is 0.164. The third-order valence-corrected chi connectivity index (χ3v) is 4.23. The van der Waals surface area contributed by atoms with Crippen molar-refractivity contribution in [1.82, 2.24) is 20.3 Å². The molecule has 1 saturated heterocycles. The zero-order chi connectivity index (χ0) is 16.4. The average Bonchev–Trinajstić information content (AvgIpc) is 2.63. The molecule has 3 aromatic rings. The van der Waals surface area contributed by atoms with Crippen LogP contribution < -0.4 is 10.1 Å². The predicted octanol–water partition coefficient (Wildman–Crippen LogP) is 2.53. The van der Waals surface area contributed by atoms with Crippen molar-refractivity contribution in [3.8, 4) is 22.9 Å². The minimum Gasteiger partial charge on any atom is -0.507 e. The van der Waals surface area contributed by atoms with Crippen LogP contribution in [0.3, 0.4) is 0 Å². The molecule has 1 aromatic carbocycles. The number of hydrogen-bond donors (Lipinski definition) is 2. The molecule has 122 valence electrons. The van der Waals surface area contributed by atoms with Gasteiger partial charge in [0.2, 0.25) is 5.88 Å². The maximum Gasteiger partial charge on any atom is 0.232 e. The van der Waals surface area contributed by atoms with Gasteiger partial charge in [-0.2, -0.15) is 0 Å². The van der Waals surface area contributed by atoms with Crippen LogP contribution in [-0.2, 0) is 0 Å². The molecule has 1 fully saturated rings. The molecule has 24 heavy (non-hydrogen) atoms. The summed E-state index contributed by atoms with van der Waals surface area (Å²) in [7, 11) is 0. The van der Waals surface area contributed by atoms with Crippen LogP contribution in [0.5, 0.6) is 11.6 Å². The Bertz CT molecular complexity index is 845. The monoisotopic (exact) mass is 322 g/mol. The van der Waals surface area contributed by atoms with E-state index in [4.69, 9.17) is 4.74 Å². The summed E-state index contributed by atoms with van der Waals surface area (Å²) in [4.78, 5) is 12.8. The van der Waals surface area contributed by atoms with Gasteiger partial charge < -0.3 is 15.2 Å². The SMILES string of the molecule is Oc1cc2cnccc2cc1-c1cnc(OC2CCNCC2)cn1. The van der Waals surface area contributed by atoms with Gasteiger partial charge in [-0.3, -0.25) is 4.98 Å². The third-order valence-electron chi connectivity index (χ3n) is 4.23. The molecule has 1 aliphatic rings. The second kappa shape index (κ2) is 6.41. The van der Waals surface area contributed by atoms with Crippen LogP contribution in [-0.4, -0.2) is 39.3 Å². The third kappa shape index (κ3) is 3.00. The van der Waals surface area contributed by atoms with Gasteiger partial charge in [-0.15, -0.1) is 0 Å². The van der Waals surface area contributed by atoms with E-state index in [0.717, 1.165) is 36.7 Å². The number of rotatable bonds is 3. The van der Waals surface area contributed by atoms with E-state index in [0.29, 0.717) is 17.1 Å². The number of ether oxygens (including phenoxy) is 1. The molecule has 0 spiro atoms. The summed E-state index contributed by atoms with van der Waals surface area (Å²) in [6.45, 7) is 1.94. The predicted molar refractivity (Wildman–Crippen MR) is 91.0 cm³/mol. The first-order valence-corrected chi connectivity index (χ1v) is 8.06. The van der Waals surface area contributed by atoms with E-state index < -0.39 is 0 Å². The number of pyridine rings is 1. The lowest BCUT2D eigenvalue weighted by molar-refractivity contribution is 0.155. The molecule has 3 heterocycles. The van der Waals surface area contributed by atoms with Gasteiger partial charge in [0.1, 0.15) is 11.9 Å².